The molecule has 1 heterocycles. The first-order valence-corrected chi connectivity index (χ1v) is 9.00. The van der Waals surface area contributed by atoms with Gasteiger partial charge in [0.2, 0.25) is 0 Å². The third kappa shape index (κ3) is 3.67. The van der Waals surface area contributed by atoms with Crippen LogP contribution in [0.3, 0.4) is 0 Å². The van der Waals surface area contributed by atoms with Crippen molar-refractivity contribution < 1.29 is 19.0 Å². The number of fused-ring (bicyclic) bond motifs is 1. The van der Waals surface area contributed by atoms with Crippen LogP contribution in [-0.4, -0.2) is 25.7 Å². The third-order valence-electron chi connectivity index (χ3n) is 3.35. The molecule has 0 unspecified atom stereocenters. The lowest BCUT2D eigenvalue weighted by atomic mass is 10.1. The van der Waals surface area contributed by atoms with E-state index in [1.807, 2.05) is 19.1 Å². The molecule has 126 valence electrons. The van der Waals surface area contributed by atoms with Gasteiger partial charge < -0.3 is 19.5 Å². The Morgan fingerprint density at radius 3 is 2.79 bits per heavy atom. The number of carbonyl (C=O) groups excluding carboxylic acids is 1. The number of rotatable bonds is 4. The lowest BCUT2D eigenvalue weighted by Gasteiger charge is -2.20. The second-order valence-electron chi connectivity index (χ2n) is 5.01. The SMILES string of the molecule is CCOc1ccc(Br)cc1NC(=O)c1cc(Br)c2c(c1)OCCO2. The molecule has 1 N–H and O–H groups in total. The number of ether oxygens (including phenoxy) is 3. The predicted molar refractivity (Wildman–Crippen MR) is 98.4 cm³/mol. The van der Waals surface area contributed by atoms with Crippen molar-refractivity contribution in [1.29, 1.82) is 0 Å². The van der Waals surface area contributed by atoms with Crippen molar-refractivity contribution in [2.45, 2.75) is 6.92 Å². The average Bonchev–Trinajstić information content (AvgIpc) is 2.57. The van der Waals surface area contributed by atoms with Gasteiger partial charge in [-0.3, -0.25) is 4.79 Å². The molecular weight excluding hydrogens is 442 g/mol. The van der Waals surface area contributed by atoms with Crippen molar-refractivity contribution in [2.75, 3.05) is 25.1 Å². The first-order chi connectivity index (χ1) is 11.6. The second-order valence-corrected chi connectivity index (χ2v) is 6.78. The predicted octanol–water partition coefficient (Wildman–Crippen LogP) is 4.63. The molecule has 0 fully saturated rings. The van der Waals surface area contributed by atoms with E-state index in [-0.39, 0.29) is 5.91 Å². The lowest BCUT2D eigenvalue weighted by molar-refractivity contribution is 0.102. The molecule has 0 aliphatic carbocycles. The summed E-state index contributed by atoms with van der Waals surface area (Å²) in [5, 5.41) is 2.88. The van der Waals surface area contributed by atoms with Crippen LogP contribution in [0.25, 0.3) is 0 Å². The summed E-state index contributed by atoms with van der Waals surface area (Å²) < 4.78 is 18.2. The molecule has 0 bridgehead atoms. The molecule has 24 heavy (non-hydrogen) atoms. The van der Waals surface area contributed by atoms with E-state index in [0.717, 1.165) is 4.47 Å². The molecule has 0 spiro atoms. The van der Waals surface area contributed by atoms with Gasteiger partial charge in [-0.25, -0.2) is 0 Å². The highest BCUT2D eigenvalue weighted by Crippen LogP contribution is 2.39. The van der Waals surface area contributed by atoms with Crippen LogP contribution in [-0.2, 0) is 0 Å². The van der Waals surface area contributed by atoms with E-state index >= 15 is 0 Å². The van der Waals surface area contributed by atoms with Crippen molar-refractivity contribution in [3.63, 3.8) is 0 Å². The molecule has 0 atom stereocenters. The normalized spacial score (nSPS) is 12.6. The van der Waals surface area contributed by atoms with Crippen LogP contribution in [0.2, 0.25) is 0 Å². The molecule has 0 aromatic heterocycles. The lowest BCUT2D eigenvalue weighted by Crippen LogP contribution is -2.18. The van der Waals surface area contributed by atoms with Crippen LogP contribution in [0, 0.1) is 0 Å². The Morgan fingerprint density at radius 2 is 2.00 bits per heavy atom. The Balaban J connectivity index is 1.88. The zero-order valence-electron chi connectivity index (χ0n) is 12.9. The van der Waals surface area contributed by atoms with Gasteiger partial charge in [-0.2, -0.15) is 0 Å². The molecule has 2 aromatic rings. The van der Waals surface area contributed by atoms with Crippen molar-refractivity contribution in [1.82, 2.24) is 0 Å². The Labute approximate surface area is 156 Å². The number of carbonyl (C=O) groups is 1. The molecular formula is C17H15Br2NO4. The summed E-state index contributed by atoms with van der Waals surface area (Å²) in [4.78, 5) is 12.6. The van der Waals surface area contributed by atoms with E-state index in [0.29, 0.717) is 52.8 Å². The summed E-state index contributed by atoms with van der Waals surface area (Å²) in [6.45, 7) is 3.36. The van der Waals surface area contributed by atoms with Crippen molar-refractivity contribution in [3.8, 4) is 17.2 Å². The third-order valence-corrected chi connectivity index (χ3v) is 4.43. The van der Waals surface area contributed by atoms with E-state index in [1.54, 1.807) is 18.2 Å². The smallest absolute Gasteiger partial charge is 0.255 e. The summed E-state index contributed by atoms with van der Waals surface area (Å²) in [6, 6.07) is 8.86. The standard InChI is InChI=1S/C17H15Br2NO4/c1-2-22-14-4-3-11(18)9-13(14)20-17(21)10-7-12(19)16-15(8-10)23-5-6-24-16/h3-4,7-9H,2,5-6H2,1H3,(H,20,21). The van der Waals surface area contributed by atoms with Crippen LogP contribution >= 0.6 is 31.9 Å². The first kappa shape index (κ1) is 17.1. The molecule has 1 aliphatic heterocycles. The minimum atomic E-state index is -0.258. The van der Waals surface area contributed by atoms with Gasteiger partial charge in [0.15, 0.2) is 11.5 Å². The Hall–Kier alpha value is -1.73. The quantitative estimate of drug-likeness (QED) is 0.728. The van der Waals surface area contributed by atoms with Gasteiger partial charge in [0, 0.05) is 10.0 Å². The fourth-order valence-corrected chi connectivity index (χ4v) is 3.24. The molecule has 1 amide bonds. The van der Waals surface area contributed by atoms with Crippen LogP contribution in [0.15, 0.2) is 39.3 Å². The number of anilines is 1. The summed E-state index contributed by atoms with van der Waals surface area (Å²) in [7, 11) is 0. The topological polar surface area (TPSA) is 56.8 Å². The number of hydrogen-bond acceptors (Lipinski definition) is 4. The zero-order chi connectivity index (χ0) is 17.1. The van der Waals surface area contributed by atoms with E-state index in [2.05, 4.69) is 37.2 Å². The van der Waals surface area contributed by atoms with Gasteiger partial charge in [-0.1, -0.05) is 15.9 Å². The van der Waals surface area contributed by atoms with Crippen molar-refractivity contribution in [2.24, 2.45) is 0 Å². The van der Waals surface area contributed by atoms with Crippen LogP contribution in [0.4, 0.5) is 5.69 Å². The summed E-state index contributed by atoms with van der Waals surface area (Å²) in [6.07, 6.45) is 0. The zero-order valence-corrected chi connectivity index (χ0v) is 16.1. The molecule has 7 heteroatoms. The Bertz CT molecular complexity index is 779. The number of benzene rings is 2. The van der Waals surface area contributed by atoms with Crippen LogP contribution < -0.4 is 19.5 Å². The Morgan fingerprint density at radius 1 is 1.21 bits per heavy atom. The van der Waals surface area contributed by atoms with E-state index in [9.17, 15) is 4.79 Å². The molecule has 0 radical (unpaired) electrons. The molecule has 3 rings (SSSR count). The van der Waals surface area contributed by atoms with E-state index in [4.69, 9.17) is 14.2 Å². The fourth-order valence-electron chi connectivity index (χ4n) is 2.32. The molecule has 0 saturated heterocycles. The maximum atomic E-state index is 12.6. The number of halogens is 2. The average molecular weight is 457 g/mol. The maximum absolute atomic E-state index is 12.6. The molecule has 5 nitrogen and oxygen atoms in total. The minimum absolute atomic E-state index is 0.258. The fraction of sp³-hybridized carbons (Fsp3) is 0.235. The highest BCUT2D eigenvalue weighted by atomic mass is 79.9. The first-order valence-electron chi connectivity index (χ1n) is 7.41. The molecule has 0 saturated carbocycles. The van der Waals surface area contributed by atoms with Crippen molar-refractivity contribution in [3.05, 3.63) is 44.8 Å². The summed E-state index contributed by atoms with van der Waals surface area (Å²) >= 11 is 6.82. The second kappa shape index (κ2) is 7.44. The van der Waals surface area contributed by atoms with Gasteiger partial charge in [0.25, 0.3) is 5.91 Å². The number of hydrogen-bond donors (Lipinski definition) is 1. The van der Waals surface area contributed by atoms with Gasteiger partial charge in [-0.05, 0) is 53.2 Å². The van der Waals surface area contributed by atoms with E-state index in [1.165, 1.54) is 0 Å². The largest absolute Gasteiger partial charge is 0.492 e. The Kier molecular flexibility index (Phi) is 5.30. The molecule has 2 aromatic carbocycles. The molecule has 1 aliphatic rings. The minimum Gasteiger partial charge on any atom is -0.492 e. The van der Waals surface area contributed by atoms with Crippen LogP contribution in [0.5, 0.6) is 17.2 Å². The van der Waals surface area contributed by atoms with Crippen molar-refractivity contribution >= 4 is 43.5 Å². The van der Waals surface area contributed by atoms with Gasteiger partial charge in [-0.15, -0.1) is 0 Å². The maximum Gasteiger partial charge on any atom is 0.255 e. The van der Waals surface area contributed by atoms with Gasteiger partial charge in [0.1, 0.15) is 19.0 Å². The highest BCUT2D eigenvalue weighted by molar-refractivity contribution is 9.10. The van der Waals surface area contributed by atoms with Gasteiger partial charge >= 0.3 is 0 Å². The summed E-state index contributed by atoms with van der Waals surface area (Å²) in [5.74, 6) is 1.53. The monoisotopic (exact) mass is 455 g/mol. The number of nitrogens with one attached hydrogen (secondary N) is 1. The number of amides is 1. The highest BCUT2D eigenvalue weighted by Gasteiger charge is 2.19. The van der Waals surface area contributed by atoms with Crippen LogP contribution in [0.1, 0.15) is 17.3 Å². The van der Waals surface area contributed by atoms with E-state index < -0.39 is 0 Å². The van der Waals surface area contributed by atoms with Gasteiger partial charge in [0.05, 0.1) is 16.8 Å². The summed E-state index contributed by atoms with van der Waals surface area (Å²) in [5.41, 5.74) is 1.07.